The van der Waals surface area contributed by atoms with Crippen LogP contribution in [0.5, 0.6) is 0 Å². The van der Waals surface area contributed by atoms with Crippen molar-refractivity contribution < 1.29 is 0 Å². The number of hydrogen-bond donors (Lipinski definition) is 0. The quantitative estimate of drug-likeness (QED) is 0.141. The number of benzene rings is 4. The van der Waals surface area contributed by atoms with Gasteiger partial charge < -0.3 is 0 Å². The number of fused-ring (bicyclic) bond motifs is 6. The molecule has 0 nitrogen and oxygen atoms in total. The summed E-state index contributed by atoms with van der Waals surface area (Å²) in [5.41, 5.74) is 16.9. The van der Waals surface area contributed by atoms with E-state index in [0.29, 0.717) is 0 Å². The lowest BCUT2D eigenvalue weighted by Crippen LogP contribution is -2.37. The van der Waals surface area contributed by atoms with Gasteiger partial charge in [-0.3, -0.25) is 0 Å². The van der Waals surface area contributed by atoms with Crippen LogP contribution in [0.4, 0.5) is 0 Å². The smallest absolute Gasteiger partial charge is 0.0418 e. The Morgan fingerprint density at radius 1 is 0.327 bits per heavy atom. The molecule has 4 aromatic carbocycles. The van der Waals surface area contributed by atoms with E-state index >= 15 is 0 Å². The van der Waals surface area contributed by atoms with E-state index < -0.39 is 0 Å². The highest BCUT2D eigenvalue weighted by molar-refractivity contribution is 7.61. The van der Waals surface area contributed by atoms with E-state index in [4.69, 9.17) is 0 Å². The van der Waals surface area contributed by atoms with Crippen molar-refractivity contribution in [3.8, 4) is 22.3 Å². The Kier molecular flexibility index (Phi) is 10.9. The van der Waals surface area contributed by atoms with E-state index in [1.54, 1.807) is 44.5 Å². The lowest BCUT2D eigenvalue weighted by atomic mass is 9.85. The molecule has 10 rings (SSSR count). The SMILES string of the molecule is c1ccc2c(c1)-c1ccccc1C2(CCCC1(P(C2CCCCC2)C2CCCCC2)c2ccccc2-c2ccccc21)P(C1CCCCC1)C1CCCCC1. The van der Waals surface area contributed by atoms with Crippen LogP contribution in [0.3, 0.4) is 0 Å². The Morgan fingerprint density at radius 2 is 0.564 bits per heavy atom. The Morgan fingerprint density at radius 3 is 0.818 bits per heavy atom. The second-order valence-corrected chi connectivity index (χ2v) is 24.8. The summed E-state index contributed by atoms with van der Waals surface area (Å²) in [5, 5.41) is 0.341. The molecule has 0 bridgehead atoms. The van der Waals surface area contributed by atoms with Gasteiger partial charge in [0.1, 0.15) is 0 Å². The van der Waals surface area contributed by atoms with E-state index in [0.717, 1.165) is 22.6 Å². The number of rotatable bonds is 10. The van der Waals surface area contributed by atoms with Crippen molar-refractivity contribution in [1.82, 2.24) is 0 Å². The van der Waals surface area contributed by atoms with E-state index in [-0.39, 0.29) is 26.2 Å². The van der Waals surface area contributed by atoms with Crippen LogP contribution in [0.25, 0.3) is 22.3 Å². The van der Waals surface area contributed by atoms with Crippen molar-refractivity contribution in [3.05, 3.63) is 119 Å². The monoisotopic (exact) mass is 764 g/mol. The molecule has 0 heterocycles. The summed E-state index contributed by atoms with van der Waals surface area (Å²) in [6.45, 7) is 0. The molecular weight excluding hydrogens is 699 g/mol. The van der Waals surface area contributed by atoms with Crippen LogP contribution in [-0.4, -0.2) is 22.6 Å². The average molecular weight is 765 g/mol. The van der Waals surface area contributed by atoms with Crippen LogP contribution < -0.4 is 0 Å². The van der Waals surface area contributed by atoms with Gasteiger partial charge in [0.05, 0.1) is 0 Å². The molecule has 4 saturated carbocycles. The van der Waals surface area contributed by atoms with Gasteiger partial charge in [-0.15, -0.1) is 0 Å². The van der Waals surface area contributed by atoms with Crippen molar-refractivity contribution in [1.29, 1.82) is 0 Å². The molecule has 0 atom stereocenters. The fourth-order valence-electron chi connectivity index (χ4n) is 13.8. The first kappa shape index (κ1) is 37.0. The molecule has 4 fully saturated rings. The summed E-state index contributed by atoms with van der Waals surface area (Å²) in [7, 11) is -0.471. The minimum absolute atomic E-state index is 0.170. The Bertz CT molecular complexity index is 1650. The van der Waals surface area contributed by atoms with E-state index in [9.17, 15) is 0 Å². The standard InChI is InChI=1S/C53H66P2/c1-5-22-40(23-6-1)54(41-24-7-2-8-25-41)52(48-34-17-13-30-44(48)45-31-14-18-35-49(45)52)38-21-39-53(50-36-19-15-32-46(50)47-33-16-20-37-51(47)53)55(42-26-9-3-10-27-42)43-28-11-4-12-29-43/h13-20,30-37,40-43H,1-12,21-29,38-39H2. The van der Waals surface area contributed by atoms with E-state index in [2.05, 4.69) is 97.1 Å². The lowest BCUT2D eigenvalue weighted by molar-refractivity contribution is 0.456. The molecule has 0 spiro atoms. The Labute approximate surface area is 336 Å². The highest BCUT2D eigenvalue weighted by atomic mass is 31.1. The van der Waals surface area contributed by atoms with Crippen molar-refractivity contribution in [2.24, 2.45) is 0 Å². The van der Waals surface area contributed by atoms with Crippen LogP contribution in [0.1, 0.15) is 170 Å². The summed E-state index contributed by atoms with van der Waals surface area (Å²) in [5.74, 6) is 0. The predicted molar refractivity (Wildman–Crippen MR) is 240 cm³/mol. The van der Waals surface area contributed by atoms with Crippen molar-refractivity contribution in [2.45, 2.75) is 181 Å². The minimum atomic E-state index is -0.235. The summed E-state index contributed by atoms with van der Waals surface area (Å²) in [6.07, 6.45) is 33.3. The maximum absolute atomic E-state index is 2.64. The van der Waals surface area contributed by atoms with Crippen molar-refractivity contribution in [2.75, 3.05) is 0 Å². The molecule has 0 N–H and O–H groups in total. The van der Waals surface area contributed by atoms with Gasteiger partial charge in [-0.1, -0.05) is 196 Å². The largest absolute Gasteiger partial charge is 0.0846 e. The zero-order valence-electron chi connectivity index (χ0n) is 33.7. The van der Waals surface area contributed by atoms with Gasteiger partial charge in [0, 0.05) is 10.3 Å². The lowest BCUT2D eigenvalue weighted by Gasteiger charge is -2.52. The second kappa shape index (κ2) is 16.2. The van der Waals surface area contributed by atoms with Crippen molar-refractivity contribution >= 4 is 15.8 Å². The fourth-order valence-corrected chi connectivity index (χ4v) is 23.9. The molecule has 0 aromatic heterocycles. The normalized spacial score (nSPS) is 22.7. The zero-order chi connectivity index (χ0) is 36.7. The Balaban J connectivity index is 1.14. The molecule has 0 aliphatic heterocycles. The molecule has 2 heteroatoms. The summed E-state index contributed by atoms with van der Waals surface area (Å²) >= 11 is 0. The highest BCUT2D eigenvalue weighted by Gasteiger charge is 2.56. The first-order valence-electron chi connectivity index (χ1n) is 23.3. The zero-order valence-corrected chi connectivity index (χ0v) is 35.5. The molecular formula is C53H66P2. The van der Waals surface area contributed by atoms with Gasteiger partial charge in [-0.25, -0.2) is 0 Å². The predicted octanol–water partition coefficient (Wildman–Crippen LogP) is 16.3. The van der Waals surface area contributed by atoms with Crippen LogP contribution in [0, 0.1) is 0 Å². The summed E-state index contributed by atoms with van der Waals surface area (Å²) in [4.78, 5) is 0. The fraction of sp³-hybridized carbons (Fsp3) is 0.547. The molecule has 0 radical (unpaired) electrons. The maximum Gasteiger partial charge on any atom is 0.0418 e. The summed E-state index contributed by atoms with van der Waals surface area (Å²) < 4.78 is 0. The minimum Gasteiger partial charge on any atom is -0.0846 e. The van der Waals surface area contributed by atoms with Crippen molar-refractivity contribution in [3.63, 3.8) is 0 Å². The molecule has 0 unspecified atom stereocenters. The molecule has 288 valence electrons. The molecule has 6 aliphatic rings. The third-order valence-corrected chi connectivity index (χ3v) is 24.3. The van der Waals surface area contributed by atoms with Crippen LogP contribution in [-0.2, 0) is 10.3 Å². The third kappa shape index (κ3) is 6.37. The van der Waals surface area contributed by atoms with Gasteiger partial charge in [0.25, 0.3) is 0 Å². The number of hydrogen-bond acceptors (Lipinski definition) is 0. The topological polar surface area (TPSA) is 0 Å². The van der Waals surface area contributed by atoms with Crippen LogP contribution in [0.15, 0.2) is 97.1 Å². The van der Waals surface area contributed by atoms with Gasteiger partial charge >= 0.3 is 0 Å². The summed E-state index contributed by atoms with van der Waals surface area (Å²) in [6, 6.07) is 39.7. The second-order valence-electron chi connectivity index (χ2n) is 18.7. The highest BCUT2D eigenvalue weighted by Crippen LogP contribution is 2.78. The van der Waals surface area contributed by atoms with Crippen LogP contribution in [0.2, 0.25) is 0 Å². The molecule has 0 amide bonds. The molecule has 6 aliphatic carbocycles. The average Bonchev–Trinajstić information content (AvgIpc) is 3.70. The van der Waals surface area contributed by atoms with Gasteiger partial charge in [-0.05, 0) is 131 Å². The first-order valence-corrected chi connectivity index (χ1v) is 26.2. The van der Waals surface area contributed by atoms with Gasteiger partial charge in [-0.2, -0.15) is 0 Å². The maximum atomic E-state index is 2.64. The molecule has 55 heavy (non-hydrogen) atoms. The molecule has 4 aromatic rings. The Hall–Kier alpha value is -2.26. The van der Waals surface area contributed by atoms with Gasteiger partial charge in [0.15, 0.2) is 0 Å². The molecule has 0 saturated heterocycles. The van der Waals surface area contributed by atoms with E-state index in [1.807, 2.05) is 0 Å². The van der Waals surface area contributed by atoms with Crippen LogP contribution >= 0.6 is 15.8 Å². The van der Waals surface area contributed by atoms with E-state index in [1.165, 1.54) is 148 Å². The third-order valence-electron chi connectivity index (χ3n) is 15.9. The first-order chi connectivity index (χ1) is 27.3. The van der Waals surface area contributed by atoms with Gasteiger partial charge in [0.2, 0.25) is 0 Å².